The molecule has 0 saturated heterocycles. The van der Waals surface area contributed by atoms with Gasteiger partial charge in [-0.1, -0.05) is 90.9 Å². The smallest absolute Gasteiger partial charge is 0.306 e. The molecule has 0 aliphatic rings. The summed E-state index contributed by atoms with van der Waals surface area (Å²) in [5, 5.41) is 18.9. The maximum atomic E-state index is 11.8. The third kappa shape index (κ3) is 39.7. The Balaban J connectivity index is 0.000000652. The van der Waals surface area contributed by atoms with Crippen LogP contribution in [0.1, 0.15) is 210 Å². The first-order valence-corrected chi connectivity index (χ1v) is 33.4. The topological polar surface area (TPSA) is 226 Å². The molecule has 3 aromatic rings. The highest BCUT2D eigenvalue weighted by molar-refractivity contribution is 9.09. The quantitative estimate of drug-likeness (QED) is 0.0232. The van der Waals surface area contributed by atoms with Crippen LogP contribution in [0.3, 0.4) is 0 Å². The summed E-state index contributed by atoms with van der Waals surface area (Å²) in [6.07, 6.45) is 20.8. The minimum atomic E-state index is -0.213. The zero-order valence-electron chi connectivity index (χ0n) is 53.7. The van der Waals surface area contributed by atoms with Crippen LogP contribution < -0.4 is 14.2 Å². The fraction of sp³-hybridized carbons (Fsp3) is 0.652. The van der Waals surface area contributed by atoms with Gasteiger partial charge in [0.05, 0.1) is 59.5 Å². The zero-order chi connectivity index (χ0) is 64.0. The molecule has 0 heterocycles. The number of benzene rings is 3. The van der Waals surface area contributed by atoms with Gasteiger partial charge in [-0.15, -0.1) is 0 Å². The Bertz CT molecular complexity index is 2050. The van der Waals surface area contributed by atoms with Crippen LogP contribution in [0, 0.1) is 0 Å². The zero-order valence-corrected chi connectivity index (χ0v) is 55.3. The van der Waals surface area contributed by atoms with E-state index >= 15 is 0 Å². The van der Waals surface area contributed by atoms with E-state index in [4.69, 9.17) is 52.8 Å². The molecule has 0 radical (unpaired) electrons. The molecule has 0 bridgehead atoms. The van der Waals surface area contributed by atoms with E-state index in [1.807, 2.05) is 43.3 Å². The standard InChI is InChI=1S/C23H35BrO5.2C23H36O6/c3*1-3-27-22(25)14-10-18-29-21-13-9-12-19(11-7-5-6-8-17-24)20(21)15-16-23(26)28-4-2/h9,12-13H,3-8,10-11,14-18H2,1-2H3;2*9,12-13,24H,3-8,10-11,14-18H2,1-2H3. The number of rotatable bonds is 48. The normalized spacial score (nSPS) is 10.6. The van der Waals surface area contributed by atoms with Crippen LogP contribution in [0.4, 0.5) is 0 Å². The minimum absolute atomic E-state index is 0.187. The third-order valence-corrected chi connectivity index (χ3v) is 14.2. The third-order valence-electron chi connectivity index (χ3n) is 13.6. The van der Waals surface area contributed by atoms with Gasteiger partial charge in [-0.2, -0.15) is 0 Å². The van der Waals surface area contributed by atoms with Crippen molar-refractivity contribution in [1.29, 1.82) is 0 Å². The second kappa shape index (κ2) is 54.4. The van der Waals surface area contributed by atoms with Crippen LogP contribution in [-0.4, -0.2) is 124 Å². The van der Waals surface area contributed by atoms with Gasteiger partial charge in [0, 0.05) is 57.1 Å². The van der Waals surface area contributed by atoms with E-state index in [0.717, 1.165) is 116 Å². The molecule has 0 saturated carbocycles. The summed E-state index contributed by atoms with van der Waals surface area (Å²) in [5.74, 6) is 1.11. The van der Waals surface area contributed by atoms with Crippen LogP contribution in [-0.2, 0) is 95.7 Å². The lowest BCUT2D eigenvalue weighted by molar-refractivity contribution is -0.144. The molecular formula is C69H107BrO17. The average Bonchev–Trinajstić information content (AvgIpc) is 3.05. The second-order valence-electron chi connectivity index (χ2n) is 20.5. The van der Waals surface area contributed by atoms with Gasteiger partial charge in [0.25, 0.3) is 0 Å². The van der Waals surface area contributed by atoms with Crippen LogP contribution in [0.15, 0.2) is 54.6 Å². The molecule has 492 valence electrons. The summed E-state index contributed by atoms with van der Waals surface area (Å²) in [6.45, 7) is 14.9. The molecule has 0 amide bonds. The number of carbonyl (C=O) groups is 6. The largest absolute Gasteiger partial charge is 0.493 e. The molecule has 3 aromatic carbocycles. The van der Waals surface area contributed by atoms with E-state index in [0.29, 0.717) is 137 Å². The van der Waals surface area contributed by atoms with Gasteiger partial charge in [0.1, 0.15) is 17.2 Å². The van der Waals surface area contributed by atoms with Gasteiger partial charge in [0.2, 0.25) is 0 Å². The van der Waals surface area contributed by atoms with Gasteiger partial charge in [-0.05, 0) is 189 Å². The van der Waals surface area contributed by atoms with Crippen molar-refractivity contribution in [1.82, 2.24) is 0 Å². The van der Waals surface area contributed by atoms with Crippen molar-refractivity contribution in [2.24, 2.45) is 0 Å². The van der Waals surface area contributed by atoms with E-state index in [1.165, 1.54) is 36.0 Å². The van der Waals surface area contributed by atoms with Crippen molar-refractivity contribution >= 4 is 51.7 Å². The first kappa shape index (κ1) is 79.3. The van der Waals surface area contributed by atoms with Crippen molar-refractivity contribution in [3.63, 3.8) is 0 Å². The molecule has 0 aliphatic carbocycles. The lowest BCUT2D eigenvalue weighted by Gasteiger charge is -2.16. The molecule has 17 nitrogen and oxygen atoms in total. The first-order chi connectivity index (χ1) is 42.4. The Hall–Kier alpha value is -5.72. The Morgan fingerprint density at radius 1 is 0.322 bits per heavy atom. The number of hydrogen-bond acceptors (Lipinski definition) is 17. The summed E-state index contributed by atoms with van der Waals surface area (Å²) in [6, 6.07) is 18.0. The number of carbonyl (C=O) groups excluding carboxylic acids is 6. The molecular weight excluding hydrogens is 1180 g/mol. The molecule has 87 heavy (non-hydrogen) atoms. The Morgan fingerprint density at radius 3 is 0.828 bits per heavy atom. The van der Waals surface area contributed by atoms with Gasteiger partial charge >= 0.3 is 35.8 Å². The molecule has 2 N–H and O–H groups in total. The highest BCUT2D eigenvalue weighted by atomic mass is 79.9. The maximum Gasteiger partial charge on any atom is 0.306 e. The lowest BCUT2D eigenvalue weighted by Crippen LogP contribution is -2.10. The van der Waals surface area contributed by atoms with Crippen LogP contribution in [0.5, 0.6) is 17.2 Å². The van der Waals surface area contributed by atoms with Crippen LogP contribution in [0.2, 0.25) is 0 Å². The van der Waals surface area contributed by atoms with Crippen molar-refractivity contribution in [2.75, 3.05) is 78.0 Å². The van der Waals surface area contributed by atoms with Crippen molar-refractivity contribution in [2.45, 2.75) is 215 Å². The molecule has 0 fully saturated rings. The number of halogens is 1. The number of aliphatic hydroxyl groups excluding tert-OH is 2. The molecule has 0 aromatic heterocycles. The van der Waals surface area contributed by atoms with Gasteiger partial charge in [-0.3, -0.25) is 28.8 Å². The van der Waals surface area contributed by atoms with E-state index in [9.17, 15) is 28.8 Å². The predicted octanol–water partition coefficient (Wildman–Crippen LogP) is 13.4. The Labute approximate surface area is 529 Å². The molecule has 18 heteroatoms. The highest BCUT2D eigenvalue weighted by Gasteiger charge is 2.17. The number of alkyl halides is 1. The molecule has 0 aliphatic heterocycles. The molecule has 3 rings (SSSR count). The Kier molecular flexibility index (Phi) is 49.6. The lowest BCUT2D eigenvalue weighted by atomic mass is 9.97. The van der Waals surface area contributed by atoms with Crippen molar-refractivity contribution in [3.05, 3.63) is 88.0 Å². The van der Waals surface area contributed by atoms with Gasteiger partial charge in [-0.25, -0.2) is 0 Å². The summed E-state index contributed by atoms with van der Waals surface area (Å²) in [4.78, 5) is 69.9. The summed E-state index contributed by atoms with van der Waals surface area (Å²) < 4.78 is 47.9. The van der Waals surface area contributed by atoms with Crippen molar-refractivity contribution in [3.8, 4) is 17.2 Å². The van der Waals surface area contributed by atoms with Crippen molar-refractivity contribution < 1.29 is 81.6 Å². The summed E-state index contributed by atoms with van der Waals surface area (Å²) in [5.41, 5.74) is 6.76. The SMILES string of the molecule is CCOC(=O)CCCOc1cccc(CCCCCCBr)c1CCC(=O)OCC.CCOC(=O)CCCOc1cccc(CCCCCCO)c1CCC(=O)OCC.CCOC(=O)CCCOc1cccc(CCCCCCO)c1CCC(=O)OCC. The summed E-state index contributed by atoms with van der Waals surface area (Å²) >= 11 is 3.47. The fourth-order valence-corrected chi connectivity index (χ4v) is 9.79. The van der Waals surface area contributed by atoms with Gasteiger partial charge in [0.15, 0.2) is 0 Å². The Morgan fingerprint density at radius 2 is 0.575 bits per heavy atom. The van der Waals surface area contributed by atoms with E-state index in [2.05, 4.69) is 34.1 Å². The van der Waals surface area contributed by atoms with E-state index in [-0.39, 0.29) is 49.0 Å². The number of aryl methyl sites for hydroxylation is 3. The molecule has 0 atom stereocenters. The fourth-order valence-electron chi connectivity index (χ4n) is 9.39. The maximum absolute atomic E-state index is 11.8. The van der Waals surface area contributed by atoms with Gasteiger partial charge < -0.3 is 52.8 Å². The number of esters is 6. The molecule has 0 unspecified atom stereocenters. The highest BCUT2D eigenvalue weighted by Crippen LogP contribution is 2.29. The van der Waals surface area contributed by atoms with E-state index in [1.54, 1.807) is 34.6 Å². The average molecular weight is 1290 g/mol. The summed E-state index contributed by atoms with van der Waals surface area (Å²) in [7, 11) is 0. The second-order valence-corrected chi connectivity index (χ2v) is 21.3. The minimum Gasteiger partial charge on any atom is -0.493 e. The number of aliphatic hydroxyl groups is 2. The van der Waals surface area contributed by atoms with Crippen LogP contribution >= 0.6 is 15.9 Å². The number of ether oxygens (including phenoxy) is 9. The number of unbranched alkanes of at least 4 members (excludes halogenated alkanes) is 9. The monoisotopic (exact) mass is 1290 g/mol. The molecule has 0 spiro atoms. The first-order valence-electron chi connectivity index (χ1n) is 32.3. The van der Waals surface area contributed by atoms with E-state index < -0.39 is 0 Å². The number of hydrogen-bond donors (Lipinski definition) is 2. The predicted molar refractivity (Wildman–Crippen MR) is 343 cm³/mol. The van der Waals surface area contributed by atoms with Crippen LogP contribution in [0.25, 0.3) is 0 Å².